The predicted molar refractivity (Wildman–Crippen MR) is 140 cm³/mol. The lowest BCUT2D eigenvalue weighted by Crippen LogP contribution is -2.40. The van der Waals surface area contributed by atoms with E-state index in [1.54, 1.807) is 53.4 Å². The third-order valence-corrected chi connectivity index (χ3v) is 8.11. The van der Waals surface area contributed by atoms with Gasteiger partial charge in [0.2, 0.25) is 11.8 Å². The molecule has 0 bridgehead atoms. The molecule has 35 heavy (non-hydrogen) atoms. The molecule has 0 saturated carbocycles. The van der Waals surface area contributed by atoms with Crippen LogP contribution in [-0.4, -0.2) is 33.3 Å². The summed E-state index contributed by atoms with van der Waals surface area (Å²) < 4.78 is 28.8. The van der Waals surface area contributed by atoms with Crippen LogP contribution in [0.25, 0.3) is 0 Å². The van der Waals surface area contributed by atoms with Gasteiger partial charge in [-0.3, -0.25) is 13.9 Å². The van der Waals surface area contributed by atoms with Crippen molar-refractivity contribution in [3.8, 4) is 0 Å². The number of carbonyl (C=O) groups is 2. The molecular weight excluding hydrogens is 530 g/mol. The molecule has 3 aromatic carbocycles. The van der Waals surface area contributed by atoms with Crippen LogP contribution >= 0.6 is 15.9 Å². The van der Waals surface area contributed by atoms with Gasteiger partial charge in [-0.25, -0.2) is 8.42 Å². The smallest absolute Gasteiger partial charge is 0.264 e. The second-order valence-corrected chi connectivity index (χ2v) is 11.2. The molecule has 1 heterocycles. The summed E-state index contributed by atoms with van der Waals surface area (Å²) in [6.07, 6.45) is 1.38. The lowest BCUT2D eigenvalue weighted by atomic mass is 10.2. The number of sulfonamides is 1. The number of anilines is 2. The highest BCUT2D eigenvalue weighted by Crippen LogP contribution is 2.26. The minimum atomic E-state index is -3.97. The zero-order valence-corrected chi connectivity index (χ0v) is 21.7. The molecule has 1 fully saturated rings. The van der Waals surface area contributed by atoms with E-state index >= 15 is 0 Å². The van der Waals surface area contributed by atoms with Gasteiger partial charge in [-0.1, -0.05) is 45.8 Å². The Hall–Kier alpha value is -3.17. The number of rotatable bonds is 8. The first kappa shape index (κ1) is 24.9. The fourth-order valence-corrected chi connectivity index (χ4v) is 5.59. The summed E-state index contributed by atoms with van der Waals surface area (Å²) in [7, 11) is -3.97. The minimum absolute atomic E-state index is 0.0950. The Labute approximate surface area is 213 Å². The lowest BCUT2D eigenvalue weighted by Gasteiger charge is -2.24. The first-order valence-corrected chi connectivity index (χ1v) is 13.5. The quantitative estimate of drug-likeness (QED) is 0.446. The van der Waals surface area contributed by atoms with E-state index in [-0.39, 0.29) is 23.9 Å². The number of nitrogens with one attached hydrogen (secondary N) is 1. The van der Waals surface area contributed by atoms with E-state index < -0.39 is 15.9 Å². The molecule has 1 aliphatic heterocycles. The summed E-state index contributed by atoms with van der Waals surface area (Å²) in [6.45, 7) is 2.41. The van der Waals surface area contributed by atoms with E-state index in [4.69, 9.17) is 0 Å². The first-order valence-electron chi connectivity index (χ1n) is 11.2. The first-order chi connectivity index (χ1) is 16.7. The van der Waals surface area contributed by atoms with Gasteiger partial charge in [-0.2, -0.15) is 0 Å². The number of halogens is 1. The van der Waals surface area contributed by atoms with Crippen molar-refractivity contribution in [1.82, 2.24) is 5.32 Å². The van der Waals surface area contributed by atoms with Gasteiger partial charge in [0.25, 0.3) is 10.0 Å². The van der Waals surface area contributed by atoms with E-state index in [0.717, 1.165) is 32.0 Å². The summed E-state index contributed by atoms with van der Waals surface area (Å²) in [5, 5.41) is 2.81. The lowest BCUT2D eigenvalue weighted by molar-refractivity contribution is -0.120. The Bertz CT molecular complexity index is 1330. The number of aryl methyl sites for hydroxylation is 1. The highest BCUT2D eigenvalue weighted by Gasteiger charge is 2.27. The molecule has 182 valence electrons. The molecule has 7 nitrogen and oxygen atoms in total. The van der Waals surface area contributed by atoms with E-state index in [0.29, 0.717) is 18.7 Å². The fraction of sp³-hybridized carbons (Fsp3) is 0.231. The van der Waals surface area contributed by atoms with Crippen molar-refractivity contribution in [3.63, 3.8) is 0 Å². The van der Waals surface area contributed by atoms with E-state index in [1.165, 1.54) is 0 Å². The molecule has 3 aromatic rings. The van der Waals surface area contributed by atoms with E-state index in [2.05, 4.69) is 21.2 Å². The average Bonchev–Trinajstić information content (AvgIpc) is 3.28. The van der Waals surface area contributed by atoms with Crippen molar-refractivity contribution in [1.29, 1.82) is 0 Å². The van der Waals surface area contributed by atoms with Gasteiger partial charge in [0, 0.05) is 29.7 Å². The summed E-state index contributed by atoms with van der Waals surface area (Å²) in [4.78, 5) is 26.8. The Kier molecular flexibility index (Phi) is 7.57. The van der Waals surface area contributed by atoms with E-state index in [1.807, 2.05) is 31.2 Å². The van der Waals surface area contributed by atoms with E-state index in [9.17, 15) is 18.0 Å². The summed E-state index contributed by atoms with van der Waals surface area (Å²) in [5.74, 6) is -0.344. The maximum Gasteiger partial charge on any atom is 0.264 e. The SMILES string of the molecule is Cc1ccc(S(=O)(=O)N(CC(=O)NCc2cccc(N3CCCC3=O)c2)c2ccc(Br)cc2)cc1. The molecule has 0 unspecified atom stereocenters. The normalized spacial score (nSPS) is 13.7. The molecule has 0 atom stereocenters. The third-order valence-electron chi connectivity index (χ3n) is 5.80. The number of amides is 2. The Morgan fingerprint density at radius 2 is 1.77 bits per heavy atom. The predicted octanol–water partition coefficient (Wildman–Crippen LogP) is 4.40. The van der Waals surface area contributed by atoms with Crippen molar-refractivity contribution in [2.45, 2.75) is 31.2 Å². The second kappa shape index (κ2) is 10.6. The van der Waals surface area contributed by atoms with Crippen LogP contribution < -0.4 is 14.5 Å². The molecule has 0 spiro atoms. The number of hydrogen-bond acceptors (Lipinski definition) is 4. The van der Waals surface area contributed by atoms with Gasteiger partial charge in [0.1, 0.15) is 6.54 Å². The molecular formula is C26H26BrN3O4S. The number of hydrogen-bond donors (Lipinski definition) is 1. The van der Waals surface area contributed by atoms with Crippen LogP contribution in [0, 0.1) is 6.92 Å². The molecule has 0 radical (unpaired) electrons. The van der Waals surface area contributed by atoms with Crippen molar-refractivity contribution >= 4 is 49.1 Å². The summed E-state index contributed by atoms with van der Waals surface area (Å²) in [5.41, 5.74) is 2.96. The highest BCUT2D eigenvalue weighted by molar-refractivity contribution is 9.10. The zero-order chi connectivity index (χ0) is 25.0. The van der Waals surface area contributed by atoms with Gasteiger partial charge in [0.05, 0.1) is 10.6 Å². The highest BCUT2D eigenvalue weighted by atomic mass is 79.9. The number of nitrogens with zero attached hydrogens (tertiary/aromatic N) is 2. The summed E-state index contributed by atoms with van der Waals surface area (Å²) in [6, 6.07) is 20.8. The maximum absolute atomic E-state index is 13.5. The van der Waals surface area contributed by atoms with Crippen LogP contribution in [0.2, 0.25) is 0 Å². The zero-order valence-electron chi connectivity index (χ0n) is 19.3. The molecule has 1 aliphatic rings. The standard InChI is InChI=1S/C26H26BrN3O4S/c1-19-7-13-24(14-8-19)35(33,34)30(22-11-9-21(27)10-12-22)18-25(31)28-17-20-4-2-5-23(16-20)29-15-3-6-26(29)32/h2,4-5,7-14,16H,3,6,15,17-18H2,1H3,(H,28,31). The van der Waals surface area contributed by atoms with Crippen molar-refractivity contribution < 1.29 is 18.0 Å². The largest absolute Gasteiger partial charge is 0.350 e. The van der Waals surface area contributed by atoms with Gasteiger partial charge in [0.15, 0.2) is 0 Å². The van der Waals surface area contributed by atoms with Gasteiger partial charge >= 0.3 is 0 Å². The fourth-order valence-electron chi connectivity index (χ4n) is 3.90. The van der Waals surface area contributed by atoms with Gasteiger partial charge < -0.3 is 10.2 Å². The Balaban J connectivity index is 1.51. The molecule has 0 aromatic heterocycles. The molecule has 4 rings (SSSR count). The average molecular weight is 556 g/mol. The molecule has 9 heteroatoms. The van der Waals surface area contributed by atoms with Crippen LogP contribution in [0.1, 0.15) is 24.0 Å². The van der Waals surface area contributed by atoms with Crippen LogP contribution in [0.5, 0.6) is 0 Å². The van der Waals surface area contributed by atoms with Crippen LogP contribution in [0.4, 0.5) is 11.4 Å². The topological polar surface area (TPSA) is 86.8 Å². The van der Waals surface area contributed by atoms with Crippen LogP contribution in [0.15, 0.2) is 82.2 Å². The van der Waals surface area contributed by atoms with Gasteiger partial charge in [-0.05, 0) is 67.4 Å². The third kappa shape index (κ3) is 5.91. The number of benzene rings is 3. The molecule has 1 saturated heterocycles. The minimum Gasteiger partial charge on any atom is -0.350 e. The van der Waals surface area contributed by atoms with Crippen molar-refractivity contribution in [3.05, 3.63) is 88.4 Å². The maximum atomic E-state index is 13.5. The molecule has 0 aliphatic carbocycles. The van der Waals surface area contributed by atoms with Crippen molar-refractivity contribution in [2.24, 2.45) is 0 Å². The monoisotopic (exact) mass is 555 g/mol. The molecule has 1 N–H and O–H groups in total. The number of carbonyl (C=O) groups excluding carboxylic acids is 2. The van der Waals surface area contributed by atoms with Crippen LogP contribution in [0.3, 0.4) is 0 Å². The van der Waals surface area contributed by atoms with Crippen molar-refractivity contribution in [2.75, 3.05) is 22.3 Å². The van der Waals surface area contributed by atoms with Crippen LogP contribution in [-0.2, 0) is 26.2 Å². The molecule has 2 amide bonds. The summed E-state index contributed by atoms with van der Waals surface area (Å²) >= 11 is 3.36. The Morgan fingerprint density at radius 1 is 1.06 bits per heavy atom. The second-order valence-electron chi connectivity index (χ2n) is 8.40. The Morgan fingerprint density at radius 3 is 2.43 bits per heavy atom. The van der Waals surface area contributed by atoms with Gasteiger partial charge in [-0.15, -0.1) is 0 Å².